The molecule has 2 aromatic heterocycles. The Bertz CT molecular complexity index is 647. The second-order valence-corrected chi connectivity index (χ2v) is 6.64. The molecule has 6 nitrogen and oxygen atoms in total. The molecule has 0 saturated carbocycles. The van der Waals surface area contributed by atoms with Crippen molar-refractivity contribution in [2.45, 2.75) is 18.0 Å². The van der Waals surface area contributed by atoms with Crippen LogP contribution in [-0.2, 0) is 23.2 Å². The predicted octanol–water partition coefficient (Wildman–Crippen LogP) is 1.95. The van der Waals surface area contributed by atoms with Crippen LogP contribution >= 0.6 is 15.9 Å². The highest BCUT2D eigenvalue weighted by Crippen LogP contribution is 2.28. The van der Waals surface area contributed by atoms with Gasteiger partial charge in [-0.2, -0.15) is 4.31 Å². The first-order valence-electron chi connectivity index (χ1n) is 5.31. The summed E-state index contributed by atoms with van der Waals surface area (Å²) in [5, 5.41) is 8.95. The van der Waals surface area contributed by atoms with Gasteiger partial charge in [-0.3, -0.25) is 0 Å². The average molecular weight is 350 g/mol. The van der Waals surface area contributed by atoms with Gasteiger partial charge in [0, 0.05) is 25.2 Å². The van der Waals surface area contributed by atoms with E-state index < -0.39 is 10.0 Å². The largest absolute Gasteiger partial charge is 0.472 e. The number of nitrogens with zero attached hydrogens (tertiary/aromatic N) is 1. The van der Waals surface area contributed by atoms with Crippen molar-refractivity contribution in [1.29, 1.82) is 0 Å². The van der Waals surface area contributed by atoms with Crippen LogP contribution in [0.4, 0.5) is 0 Å². The van der Waals surface area contributed by atoms with Crippen molar-refractivity contribution in [3.05, 3.63) is 40.7 Å². The van der Waals surface area contributed by atoms with E-state index in [0.717, 1.165) is 5.56 Å². The van der Waals surface area contributed by atoms with E-state index in [1.807, 2.05) is 0 Å². The third-order valence-corrected chi connectivity index (χ3v) is 5.20. The van der Waals surface area contributed by atoms with Crippen LogP contribution in [0.25, 0.3) is 0 Å². The zero-order chi connectivity index (χ0) is 14.0. The highest BCUT2D eigenvalue weighted by Gasteiger charge is 2.27. The number of aliphatic hydroxyl groups excluding tert-OH is 1. The molecule has 0 unspecified atom stereocenters. The van der Waals surface area contributed by atoms with E-state index in [1.165, 1.54) is 29.9 Å². The van der Waals surface area contributed by atoms with Gasteiger partial charge in [-0.15, -0.1) is 0 Å². The van der Waals surface area contributed by atoms with Crippen LogP contribution in [-0.4, -0.2) is 24.9 Å². The Morgan fingerprint density at radius 2 is 2.21 bits per heavy atom. The second-order valence-electron chi connectivity index (χ2n) is 3.90. The predicted molar refractivity (Wildman–Crippen MR) is 69.7 cm³/mol. The SMILES string of the molecule is CN(Cc1ccoc1)S(=O)(=O)c1cc(CO)oc1Br. The number of aliphatic hydroxyl groups is 1. The molecule has 0 aliphatic carbocycles. The van der Waals surface area contributed by atoms with Gasteiger partial charge >= 0.3 is 0 Å². The molecule has 104 valence electrons. The van der Waals surface area contributed by atoms with E-state index in [9.17, 15) is 8.42 Å². The van der Waals surface area contributed by atoms with Gasteiger partial charge < -0.3 is 13.9 Å². The van der Waals surface area contributed by atoms with Gasteiger partial charge in [0.2, 0.25) is 10.0 Å². The first-order chi connectivity index (χ1) is 8.95. The summed E-state index contributed by atoms with van der Waals surface area (Å²) in [6.07, 6.45) is 2.96. The fourth-order valence-electron chi connectivity index (χ4n) is 1.54. The van der Waals surface area contributed by atoms with E-state index >= 15 is 0 Å². The molecule has 0 fully saturated rings. The lowest BCUT2D eigenvalue weighted by atomic mass is 10.3. The number of halogens is 1. The zero-order valence-electron chi connectivity index (χ0n) is 10.0. The first-order valence-corrected chi connectivity index (χ1v) is 7.55. The molecule has 2 heterocycles. The van der Waals surface area contributed by atoms with Gasteiger partial charge in [-0.1, -0.05) is 0 Å². The molecule has 0 radical (unpaired) electrons. The van der Waals surface area contributed by atoms with Crippen molar-refractivity contribution >= 4 is 26.0 Å². The van der Waals surface area contributed by atoms with Crippen molar-refractivity contribution in [3.63, 3.8) is 0 Å². The Labute approximate surface area is 118 Å². The van der Waals surface area contributed by atoms with Gasteiger partial charge in [0.1, 0.15) is 17.3 Å². The molecule has 0 aromatic carbocycles. The summed E-state index contributed by atoms with van der Waals surface area (Å²) in [6.45, 7) is -0.176. The number of hydrogen-bond acceptors (Lipinski definition) is 5. The van der Waals surface area contributed by atoms with Crippen molar-refractivity contribution in [2.24, 2.45) is 0 Å². The molecule has 0 bridgehead atoms. The summed E-state index contributed by atoms with van der Waals surface area (Å²) >= 11 is 3.04. The molecule has 0 saturated heterocycles. The van der Waals surface area contributed by atoms with Crippen LogP contribution in [0.5, 0.6) is 0 Å². The Morgan fingerprint density at radius 1 is 1.47 bits per heavy atom. The van der Waals surface area contributed by atoms with E-state index in [2.05, 4.69) is 15.9 Å². The van der Waals surface area contributed by atoms with Crippen LogP contribution in [0, 0.1) is 0 Å². The lowest BCUT2D eigenvalue weighted by Gasteiger charge is -2.15. The van der Waals surface area contributed by atoms with Gasteiger partial charge in [0.25, 0.3) is 0 Å². The lowest BCUT2D eigenvalue weighted by molar-refractivity contribution is 0.245. The van der Waals surface area contributed by atoms with Gasteiger partial charge in [-0.25, -0.2) is 8.42 Å². The van der Waals surface area contributed by atoms with Gasteiger partial charge in [-0.05, 0) is 22.0 Å². The van der Waals surface area contributed by atoms with Crippen LogP contribution in [0.3, 0.4) is 0 Å². The minimum Gasteiger partial charge on any atom is -0.472 e. The van der Waals surface area contributed by atoms with Gasteiger partial charge in [0.05, 0.1) is 12.5 Å². The highest BCUT2D eigenvalue weighted by molar-refractivity contribution is 9.10. The standard InChI is InChI=1S/C11H12BrNO5S/c1-13(5-8-2-3-17-7-8)19(15,16)10-4-9(6-14)18-11(10)12/h2-4,7,14H,5-6H2,1H3. The normalized spacial score (nSPS) is 12.2. The molecule has 8 heteroatoms. The maximum absolute atomic E-state index is 12.3. The molecule has 2 rings (SSSR count). The molecule has 0 aliphatic heterocycles. The van der Waals surface area contributed by atoms with E-state index in [-0.39, 0.29) is 28.5 Å². The Morgan fingerprint density at radius 3 is 2.74 bits per heavy atom. The molecule has 0 atom stereocenters. The number of sulfonamides is 1. The zero-order valence-corrected chi connectivity index (χ0v) is 12.4. The van der Waals surface area contributed by atoms with E-state index in [1.54, 1.807) is 6.07 Å². The summed E-state index contributed by atoms with van der Waals surface area (Å²) in [7, 11) is -2.24. The summed E-state index contributed by atoms with van der Waals surface area (Å²) in [4.78, 5) is -0.0115. The average Bonchev–Trinajstić information content (AvgIpc) is 2.98. The minimum absolute atomic E-state index is 0.0115. The fourth-order valence-corrected chi connectivity index (χ4v) is 3.66. The third-order valence-electron chi connectivity index (χ3n) is 2.54. The lowest BCUT2D eigenvalue weighted by Crippen LogP contribution is -2.26. The summed E-state index contributed by atoms with van der Waals surface area (Å²) in [5.41, 5.74) is 0.744. The molecule has 1 N–H and O–H groups in total. The van der Waals surface area contributed by atoms with Crippen molar-refractivity contribution < 1.29 is 22.4 Å². The van der Waals surface area contributed by atoms with E-state index in [0.29, 0.717) is 0 Å². The number of rotatable bonds is 5. The molecule has 0 amide bonds. The third kappa shape index (κ3) is 2.92. The summed E-state index contributed by atoms with van der Waals surface area (Å²) < 4.78 is 35.9. The first kappa shape index (κ1) is 14.3. The molecule has 2 aromatic rings. The molecular weight excluding hydrogens is 338 g/mol. The van der Waals surface area contributed by atoms with Crippen LogP contribution in [0.2, 0.25) is 0 Å². The molecular formula is C11H12BrNO5S. The smallest absolute Gasteiger partial charge is 0.247 e. The maximum Gasteiger partial charge on any atom is 0.247 e. The van der Waals surface area contributed by atoms with Crippen LogP contribution in [0.1, 0.15) is 11.3 Å². The van der Waals surface area contributed by atoms with Gasteiger partial charge in [0.15, 0.2) is 4.67 Å². The molecule has 19 heavy (non-hydrogen) atoms. The maximum atomic E-state index is 12.3. The van der Waals surface area contributed by atoms with E-state index in [4.69, 9.17) is 13.9 Å². The quantitative estimate of drug-likeness (QED) is 0.891. The highest BCUT2D eigenvalue weighted by atomic mass is 79.9. The summed E-state index contributed by atoms with van der Waals surface area (Å²) in [5.74, 6) is 0.183. The topological polar surface area (TPSA) is 83.9 Å². The van der Waals surface area contributed by atoms with Crippen LogP contribution < -0.4 is 0 Å². The van der Waals surface area contributed by atoms with Crippen molar-refractivity contribution in [2.75, 3.05) is 7.05 Å². The monoisotopic (exact) mass is 349 g/mol. The number of furan rings is 2. The van der Waals surface area contributed by atoms with Crippen LogP contribution in [0.15, 0.2) is 43.1 Å². The van der Waals surface area contributed by atoms with Crippen molar-refractivity contribution in [1.82, 2.24) is 4.31 Å². The fraction of sp³-hybridized carbons (Fsp3) is 0.273. The minimum atomic E-state index is -3.70. The Hall–Kier alpha value is -1.09. The van der Waals surface area contributed by atoms with Crippen molar-refractivity contribution in [3.8, 4) is 0 Å². The second kappa shape index (κ2) is 5.49. The summed E-state index contributed by atoms with van der Waals surface area (Å²) in [6, 6.07) is 2.99. The molecule has 0 aliphatic rings. The Balaban J connectivity index is 2.28. The number of hydrogen-bond donors (Lipinski definition) is 1. The molecule has 0 spiro atoms. The Kier molecular flexibility index (Phi) is 4.14.